The van der Waals surface area contributed by atoms with Crippen molar-refractivity contribution in [1.82, 2.24) is 0 Å². The van der Waals surface area contributed by atoms with Crippen LogP contribution in [-0.4, -0.2) is 69.0 Å². The van der Waals surface area contributed by atoms with Crippen molar-refractivity contribution in [2.24, 2.45) is 0 Å². The zero-order valence-electron chi connectivity index (χ0n) is 16.9. The standard InChI is InChI=1S/C21H32N3O3/c1-5-23(6-2)20-10-8-18(9-11-20)16-19(17-22)21(26)27-15-13-24(3,4)12-7-14-25/h8-11,16,25H,5-7,12-15H2,1-4H3/q+1. The molecule has 148 valence electrons. The van der Waals surface area contributed by atoms with Crippen molar-refractivity contribution in [3.63, 3.8) is 0 Å². The molecule has 0 aliphatic rings. The number of hydrogen-bond acceptors (Lipinski definition) is 5. The topological polar surface area (TPSA) is 73.6 Å². The number of rotatable bonds is 11. The van der Waals surface area contributed by atoms with Gasteiger partial charge in [-0.25, -0.2) is 4.79 Å². The third-order valence-electron chi connectivity index (χ3n) is 4.52. The van der Waals surface area contributed by atoms with Crippen molar-refractivity contribution in [3.05, 3.63) is 35.4 Å². The monoisotopic (exact) mass is 374 g/mol. The van der Waals surface area contributed by atoms with Gasteiger partial charge in [0.1, 0.15) is 24.8 Å². The SMILES string of the molecule is CCN(CC)c1ccc(C=C(C#N)C(=O)OCC[N+](C)(C)CCCO)cc1. The molecule has 6 heteroatoms. The number of aliphatic hydroxyl groups is 1. The van der Waals surface area contributed by atoms with Gasteiger partial charge in [-0.15, -0.1) is 0 Å². The van der Waals surface area contributed by atoms with Crippen LogP contribution in [0.3, 0.4) is 0 Å². The van der Waals surface area contributed by atoms with E-state index in [9.17, 15) is 10.1 Å². The molecule has 0 fully saturated rings. The number of carbonyl (C=O) groups is 1. The fourth-order valence-electron chi connectivity index (χ4n) is 2.75. The summed E-state index contributed by atoms with van der Waals surface area (Å²) in [4.78, 5) is 14.4. The lowest BCUT2D eigenvalue weighted by Crippen LogP contribution is -2.43. The average Bonchev–Trinajstić information content (AvgIpc) is 2.66. The second kappa shape index (κ2) is 11.4. The lowest BCUT2D eigenvalue weighted by atomic mass is 10.1. The van der Waals surface area contributed by atoms with E-state index in [1.807, 2.05) is 44.4 Å². The van der Waals surface area contributed by atoms with E-state index >= 15 is 0 Å². The Morgan fingerprint density at radius 2 is 1.85 bits per heavy atom. The second-order valence-electron chi connectivity index (χ2n) is 7.03. The molecule has 0 saturated heterocycles. The highest BCUT2D eigenvalue weighted by Crippen LogP contribution is 2.17. The lowest BCUT2D eigenvalue weighted by molar-refractivity contribution is -0.890. The Kier molecular flexibility index (Phi) is 9.55. The van der Waals surface area contributed by atoms with Gasteiger partial charge in [0.25, 0.3) is 0 Å². The van der Waals surface area contributed by atoms with Crippen molar-refractivity contribution in [2.75, 3.05) is 58.4 Å². The van der Waals surface area contributed by atoms with Crippen molar-refractivity contribution in [2.45, 2.75) is 20.3 Å². The van der Waals surface area contributed by atoms with Gasteiger partial charge in [-0.05, 0) is 37.6 Å². The molecule has 6 nitrogen and oxygen atoms in total. The minimum Gasteiger partial charge on any atom is -0.456 e. The van der Waals surface area contributed by atoms with Crippen molar-refractivity contribution < 1.29 is 19.1 Å². The molecule has 0 amide bonds. The Balaban J connectivity index is 2.68. The number of carbonyl (C=O) groups excluding carboxylic acids is 1. The Morgan fingerprint density at radius 1 is 1.22 bits per heavy atom. The highest BCUT2D eigenvalue weighted by atomic mass is 16.5. The van der Waals surface area contributed by atoms with E-state index < -0.39 is 5.97 Å². The summed E-state index contributed by atoms with van der Waals surface area (Å²) in [5, 5.41) is 18.2. The fourth-order valence-corrected chi connectivity index (χ4v) is 2.75. The summed E-state index contributed by atoms with van der Waals surface area (Å²) in [6.07, 6.45) is 2.26. The third-order valence-corrected chi connectivity index (χ3v) is 4.52. The molecule has 0 spiro atoms. The molecule has 1 N–H and O–H groups in total. The molecule has 0 radical (unpaired) electrons. The summed E-state index contributed by atoms with van der Waals surface area (Å²) in [5.74, 6) is -0.604. The van der Waals surface area contributed by atoms with E-state index in [0.717, 1.165) is 30.9 Å². The minimum absolute atomic E-state index is 0.00810. The van der Waals surface area contributed by atoms with Gasteiger partial charge in [-0.3, -0.25) is 0 Å². The molecule has 0 saturated carbocycles. The molecule has 0 aliphatic carbocycles. The number of aliphatic hydroxyl groups excluding tert-OH is 1. The predicted molar refractivity (Wildman–Crippen MR) is 108 cm³/mol. The van der Waals surface area contributed by atoms with Gasteiger partial charge in [-0.1, -0.05) is 12.1 Å². The van der Waals surface area contributed by atoms with Gasteiger partial charge in [0, 0.05) is 31.8 Å². The smallest absolute Gasteiger partial charge is 0.349 e. The summed E-state index contributed by atoms with van der Waals surface area (Å²) in [6.45, 7) is 7.86. The van der Waals surface area contributed by atoms with Crippen LogP contribution in [-0.2, 0) is 9.53 Å². The first-order valence-electron chi connectivity index (χ1n) is 9.43. The van der Waals surface area contributed by atoms with E-state index in [2.05, 4.69) is 18.7 Å². The Labute approximate surface area is 162 Å². The minimum atomic E-state index is -0.604. The van der Waals surface area contributed by atoms with E-state index in [4.69, 9.17) is 9.84 Å². The molecule has 0 unspecified atom stereocenters. The van der Waals surface area contributed by atoms with E-state index in [0.29, 0.717) is 17.4 Å². The normalized spacial score (nSPS) is 11.8. The summed E-state index contributed by atoms with van der Waals surface area (Å²) in [5.41, 5.74) is 1.89. The van der Waals surface area contributed by atoms with Crippen LogP contribution < -0.4 is 4.90 Å². The Hall–Kier alpha value is -2.36. The molecule has 1 aromatic carbocycles. The number of likely N-dealkylation sites (N-methyl/N-ethyl adjacent to an activating group) is 1. The number of hydrogen-bond donors (Lipinski definition) is 1. The molecule has 0 aromatic heterocycles. The molecule has 1 rings (SSSR count). The van der Waals surface area contributed by atoms with Gasteiger partial charge in [-0.2, -0.15) is 5.26 Å². The largest absolute Gasteiger partial charge is 0.456 e. The van der Waals surface area contributed by atoms with Gasteiger partial charge >= 0.3 is 5.97 Å². The maximum atomic E-state index is 12.2. The van der Waals surface area contributed by atoms with Crippen LogP contribution in [0.1, 0.15) is 25.8 Å². The first-order chi connectivity index (χ1) is 12.9. The summed E-state index contributed by atoms with van der Waals surface area (Å²) in [6, 6.07) is 9.69. The number of nitrogens with zero attached hydrogens (tertiary/aromatic N) is 3. The third kappa shape index (κ3) is 7.81. The second-order valence-corrected chi connectivity index (χ2v) is 7.03. The Bertz CT molecular complexity index is 656. The number of esters is 1. The molecule has 0 atom stereocenters. The maximum absolute atomic E-state index is 12.2. The van der Waals surface area contributed by atoms with Crippen LogP contribution in [0, 0.1) is 11.3 Å². The van der Waals surface area contributed by atoms with Crippen molar-refractivity contribution in [1.29, 1.82) is 5.26 Å². The number of benzene rings is 1. The number of ether oxygens (including phenoxy) is 1. The van der Waals surface area contributed by atoms with Crippen LogP contribution in [0.4, 0.5) is 5.69 Å². The van der Waals surface area contributed by atoms with Crippen LogP contribution in [0.15, 0.2) is 29.8 Å². The molecule has 1 aromatic rings. The van der Waals surface area contributed by atoms with Gasteiger partial charge in [0.05, 0.1) is 20.6 Å². The Morgan fingerprint density at radius 3 is 2.37 bits per heavy atom. The summed E-state index contributed by atoms with van der Waals surface area (Å²) in [7, 11) is 4.03. The summed E-state index contributed by atoms with van der Waals surface area (Å²) >= 11 is 0. The predicted octanol–water partition coefficient (Wildman–Crippen LogP) is 2.44. The van der Waals surface area contributed by atoms with Crippen LogP contribution in [0.5, 0.6) is 0 Å². The molecular formula is C21H32N3O3+. The number of nitriles is 1. The van der Waals surface area contributed by atoms with Crippen molar-refractivity contribution in [3.8, 4) is 6.07 Å². The maximum Gasteiger partial charge on any atom is 0.349 e. The molecule has 27 heavy (non-hydrogen) atoms. The quantitative estimate of drug-likeness (QED) is 0.279. The molecule has 0 aliphatic heterocycles. The van der Waals surface area contributed by atoms with Gasteiger partial charge in [0.2, 0.25) is 0 Å². The highest BCUT2D eigenvalue weighted by Gasteiger charge is 2.17. The molecule has 0 heterocycles. The van der Waals surface area contributed by atoms with E-state index in [1.165, 1.54) is 0 Å². The average molecular weight is 375 g/mol. The van der Waals surface area contributed by atoms with Gasteiger partial charge in [0.15, 0.2) is 0 Å². The van der Waals surface area contributed by atoms with Crippen LogP contribution in [0.2, 0.25) is 0 Å². The number of anilines is 1. The molecule has 0 bridgehead atoms. The van der Waals surface area contributed by atoms with Crippen molar-refractivity contribution >= 4 is 17.7 Å². The zero-order valence-corrected chi connectivity index (χ0v) is 16.9. The first-order valence-corrected chi connectivity index (χ1v) is 9.43. The highest BCUT2D eigenvalue weighted by molar-refractivity contribution is 5.97. The van der Waals surface area contributed by atoms with Gasteiger partial charge < -0.3 is 19.2 Å². The van der Waals surface area contributed by atoms with E-state index in [-0.39, 0.29) is 18.8 Å². The lowest BCUT2D eigenvalue weighted by Gasteiger charge is -2.29. The van der Waals surface area contributed by atoms with E-state index in [1.54, 1.807) is 6.08 Å². The zero-order chi connectivity index (χ0) is 20.3. The molecular weight excluding hydrogens is 342 g/mol. The van der Waals surface area contributed by atoms with Crippen LogP contribution >= 0.6 is 0 Å². The first kappa shape index (κ1) is 22.7. The van der Waals surface area contributed by atoms with Crippen LogP contribution in [0.25, 0.3) is 6.08 Å². The summed E-state index contributed by atoms with van der Waals surface area (Å²) < 4.78 is 5.91. The number of quaternary nitrogens is 1. The fraction of sp³-hybridized carbons (Fsp3) is 0.524.